The van der Waals surface area contributed by atoms with Crippen molar-refractivity contribution < 1.29 is 19.1 Å². The van der Waals surface area contributed by atoms with Gasteiger partial charge in [0.15, 0.2) is 0 Å². The minimum Gasteiger partial charge on any atom is -0.481 e. The summed E-state index contributed by atoms with van der Waals surface area (Å²) in [5, 5.41) is 20.8. The Labute approximate surface area is 164 Å². The van der Waals surface area contributed by atoms with E-state index in [0.29, 0.717) is 39.1 Å². The van der Waals surface area contributed by atoms with Crippen molar-refractivity contribution in [3.63, 3.8) is 0 Å². The highest BCUT2D eigenvalue weighted by Crippen LogP contribution is 2.17. The van der Waals surface area contributed by atoms with Crippen molar-refractivity contribution in [2.24, 2.45) is 0 Å². The highest BCUT2D eigenvalue weighted by atomic mass is 19.1. The lowest BCUT2D eigenvalue weighted by atomic mass is 10.2. The van der Waals surface area contributed by atoms with E-state index in [2.05, 4.69) is 10.2 Å². The Morgan fingerprint density at radius 2 is 1.82 bits per heavy atom. The fraction of sp³-hybridized carbons (Fsp3) is 0.450. The second kappa shape index (κ2) is 10.9. The fourth-order valence-corrected chi connectivity index (χ4v) is 2.99. The number of carboxylic acids is 1. The van der Waals surface area contributed by atoms with E-state index in [1.807, 2.05) is 6.07 Å². The second-order valence-corrected chi connectivity index (χ2v) is 6.58. The molecule has 7 nitrogen and oxygen atoms in total. The normalized spacial score (nSPS) is 14.5. The summed E-state index contributed by atoms with van der Waals surface area (Å²) in [4.78, 5) is 26.7. The number of carbonyl (C=O) groups is 2. The minimum atomic E-state index is -0.801. The van der Waals surface area contributed by atoms with Gasteiger partial charge < -0.3 is 20.2 Å². The number of nitriles is 1. The molecule has 0 bridgehead atoms. The van der Waals surface area contributed by atoms with Crippen LogP contribution in [0.4, 0.5) is 10.1 Å². The zero-order chi connectivity index (χ0) is 20.4. The van der Waals surface area contributed by atoms with Crippen LogP contribution in [0.1, 0.15) is 25.7 Å². The highest BCUT2D eigenvalue weighted by molar-refractivity contribution is 5.97. The third-order valence-electron chi connectivity index (χ3n) is 4.57. The van der Waals surface area contributed by atoms with E-state index in [1.54, 1.807) is 17.0 Å². The van der Waals surface area contributed by atoms with E-state index in [-0.39, 0.29) is 23.7 Å². The number of carboxylic acid groups (broad SMARTS) is 1. The van der Waals surface area contributed by atoms with Gasteiger partial charge in [0.25, 0.3) is 5.91 Å². The summed E-state index contributed by atoms with van der Waals surface area (Å²) in [6.45, 7) is 2.80. The average Bonchev–Trinajstić information content (AvgIpc) is 2.70. The first-order chi connectivity index (χ1) is 13.5. The molecule has 0 unspecified atom stereocenters. The van der Waals surface area contributed by atoms with Crippen molar-refractivity contribution in [2.75, 3.05) is 37.6 Å². The van der Waals surface area contributed by atoms with Crippen LogP contribution in [0.5, 0.6) is 0 Å². The number of unbranched alkanes of at least 4 members (excludes halogenated alkanes) is 2. The molecule has 8 heteroatoms. The van der Waals surface area contributed by atoms with Crippen LogP contribution in [0.15, 0.2) is 36.0 Å². The topological polar surface area (TPSA) is 96.7 Å². The van der Waals surface area contributed by atoms with Crippen molar-refractivity contribution in [3.8, 4) is 6.07 Å². The molecule has 1 fully saturated rings. The van der Waals surface area contributed by atoms with Crippen LogP contribution in [-0.2, 0) is 9.59 Å². The highest BCUT2D eigenvalue weighted by Gasteiger charge is 2.23. The van der Waals surface area contributed by atoms with Gasteiger partial charge in [-0.25, -0.2) is 4.39 Å². The molecule has 1 aliphatic rings. The van der Waals surface area contributed by atoms with E-state index >= 15 is 0 Å². The fourth-order valence-electron chi connectivity index (χ4n) is 2.99. The van der Waals surface area contributed by atoms with E-state index < -0.39 is 5.97 Å². The maximum Gasteiger partial charge on any atom is 0.303 e. The van der Waals surface area contributed by atoms with Gasteiger partial charge in [-0.3, -0.25) is 9.59 Å². The molecular formula is C20H25FN4O3. The lowest BCUT2D eigenvalue weighted by Crippen LogP contribution is -2.49. The number of nitrogens with zero attached hydrogens (tertiary/aromatic N) is 3. The molecule has 0 aliphatic carbocycles. The Morgan fingerprint density at radius 3 is 2.43 bits per heavy atom. The molecular weight excluding hydrogens is 363 g/mol. The van der Waals surface area contributed by atoms with Crippen molar-refractivity contribution in [1.82, 2.24) is 10.2 Å². The van der Waals surface area contributed by atoms with Crippen molar-refractivity contribution >= 4 is 17.6 Å². The maximum absolute atomic E-state index is 13.0. The van der Waals surface area contributed by atoms with Gasteiger partial charge in [-0.2, -0.15) is 5.26 Å². The van der Waals surface area contributed by atoms with Gasteiger partial charge in [-0.05, 0) is 37.1 Å². The molecule has 1 heterocycles. The zero-order valence-electron chi connectivity index (χ0n) is 15.7. The molecule has 0 saturated carbocycles. The van der Waals surface area contributed by atoms with Gasteiger partial charge in [0.05, 0.1) is 0 Å². The Bertz CT molecular complexity index is 735. The SMILES string of the molecule is N#C/C(=C/NCCCCCC(=O)O)C(=O)N1CCN(c2ccc(F)cc2)CC1. The van der Waals surface area contributed by atoms with Crippen LogP contribution in [0.3, 0.4) is 0 Å². The summed E-state index contributed by atoms with van der Waals surface area (Å²) in [6.07, 6.45) is 3.75. The first kappa shape index (κ1) is 21.2. The summed E-state index contributed by atoms with van der Waals surface area (Å²) in [7, 11) is 0. The molecule has 0 spiro atoms. The van der Waals surface area contributed by atoms with Crippen molar-refractivity contribution in [3.05, 3.63) is 41.9 Å². The number of halogens is 1. The monoisotopic (exact) mass is 388 g/mol. The second-order valence-electron chi connectivity index (χ2n) is 6.58. The number of carbonyl (C=O) groups excluding carboxylic acids is 1. The van der Waals surface area contributed by atoms with E-state index in [4.69, 9.17) is 5.11 Å². The van der Waals surface area contributed by atoms with Crippen LogP contribution in [0.2, 0.25) is 0 Å². The molecule has 0 radical (unpaired) electrons. The molecule has 1 aromatic carbocycles. The molecule has 28 heavy (non-hydrogen) atoms. The molecule has 0 aromatic heterocycles. The molecule has 1 aliphatic heterocycles. The van der Waals surface area contributed by atoms with Crippen LogP contribution in [0, 0.1) is 17.1 Å². The third kappa shape index (κ3) is 6.58. The van der Waals surface area contributed by atoms with E-state index in [9.17, 15) is 19.2 Å². The number of hydrogen-bond donors (Lipinski definition) is 2. The van der Waals surface area contributed by atoms with Gasteiger partial charge in [-0.1, -0.05) is 6.42 Å². The number of hydrogen-bond acceptors (Lipinski definition) is 5. The lowest BCUT2D eigenvalue weighted by Gasteiger charge is -2.36. The zero-order valence-corrected chi connectivity index (χ0v) is 15.7. The number of amides is 1. The number of anilines is 1. The largest absolute Gasteiger partial charge is 0.481 e. The maximum atomic E-state index is 13.0. The van der Waals surface area contributed by atoms with E-state index in [1.165, 1.54) is 18.3 Å². The first-order valence-electron chi connectivity index (χ1n) is 9.36. The van der Waals surface area contributed by atoms with Crippen LogP contribution < -0.4 is 10.2 Å². The Balaban J connectivity index is 1.76. The summed E-state index contributed by atoms with van der Waals surface area (Å²) in [6, 6.07) is 8.20. The van der Waals surface area contributed by atoms with Gasteiger partial charge in [0.1, 0.15) is 17.5 Å². The third-order valence-corrected chi connectivity index (χ3v) is 4.57. The molecule has 1 saturated heterocycles. The summed E-state index contributed by atoms with van der Waals surface area (Å²) >= 11 is 0. The van der Waals surface area contributed by atoms with Crippen molar-refractivity contribution in [2.45, 2.75) is 25.7 Å². The minimum absolute atomic E-state index is 0.0563. The van der Waals surface area contributed by atoms with Crippen LogP contribution in [0.25, 0.3) is 0 Å². The Hall–Kier alpha value is -3.08. The molecule has 1 amide bonds. The number of rotatable bonds is 9. The number of nitrogens with one attached hydrogen (secondary N) is 1. The van der Waals surface area contributed by atoms with Crippen LogP contribution in [-0.4, -0.2) is 54.6 Å². The first-order valence-corrected chi connectivity index (χ1v) is 9.36. The standard InChI is InChI=1S/C20H25FN4O3/c21-17-5-7-18(8-6-17)24-10-12-25(13-11-24)20(28)16(14-22)15-23-9-3-1-2-4-19(26)27/h5-8,15,23H,1-4,9-13H2,(H,26,27)/b16-15-. The van der Waals surface area contributed by atoms with Gasteiger partial charge in [0, 0.05) is 51.0 Å². The van der Waals surface area contributed by atoms with Gasteiger partial charge in [-0.15, -0.1) is 0 Å². The van der Waals surface area contributed by atoms with Gasteiger partial charge in [0.2, 0.25) is 0 Å². The molecule has 1 aromatic rings. The Kier molecular flexibility index (Phi) is 8.28. The molecule has 2 N–H and O–H groups in total. The molecule has 0 atom stereocenters. The van der Waals surface area contributed by atoms with Gasteiger partial charge >= 0.3 is 5.97 Å². The smallest absolute Gasteiger partial charge is 0.303 e. The summed E-state index contributed by atoms with van der Waals surface area (Å²) < 4.78 is 13.0. The quantitative estimate of drug-likeness (QED) is 0.382. The summed E-state index contributed by atoms with van der Waals surface area (Å²) in [5.74, 6) is -1.39. The molecule has 2 rings (SSSR count). The van der Waals surface area contributed by atoms with E-state index in [0.717, 1.165) is 18.5 Å². The number of piperazine rings is 1. The average molecular weight is 388 g/mol. The lowest BCUT2D eigenvalue weighted by molar-refractivity contribution is -0.137. The summed E-state index contributed by atoms with van der Waals surface area (Å²) in [5.41, 5.74) is 0.967. The van der Waals surface area contributed by atoms with Crippen LogP contribution >= 0.6 is 0 Å². The number of aliphatic carboxylic acids is 1. The number of benzene rings is 1. The van der Waals surface area contributed by atoms with Crippen molar-refractivity contribution in [1.29, 1.82) is 5.26 Å². The Morgan fingerprint density at radius 1 is 1.14 bits per heavy atom. The molecule has 150 valence electrons. The predicted octanol–water partition coefficient (Wildman–Crippen LogP) is 2.12. The predicted molar refractivity (Wildman–Crippen MR) is 103 cm³/mol.